The normalized spacial score (nSPS) is 10.6. The number of benzene rings is 1. The number of hydrogen-bond acceptors (Lipinski definition) is 6. The lowest BCUT2D eigenvalue weighted by Crippen LogP contribution is -2.23. The van der Waals surface area contributed by atoms with E-state index in [0.29, 0.717) is 22.8 Å². The lowest BCUT2D eigenvalue weighted by molar-refractivity contribution is -0.118. The molecule has 0 spiro atoms. The molecule has 0 unspecified atom stereocenters. The highest BCUT2D eigenvalue weighted by atomic mass is 16.5. The van der Waals surface area contributed by atoms with Crippen molar-refractivity contribution in [2.24, 2.45) is 5.73 Å². The molecule has 9 nitrogen and oxygen atoms in total. The van der Waals surface area contributed by atoms with Crippen LogP contribution in [0.4, 0.5) is 0 Å². The third-order valence-electron chi connectivity index (χ3n) is 4.23. The SMILES string of the molecule is C=C(CCC(N)=O)NC(=O)c1cc2nccc(-c3ccc(OC)c(OC)c3)n2n1. The summed E-state index contributed by atoms with van der Waals surface area (Å²) < 4.78 is 12.2. The summed E-state index contributed by atoms with van der Waals surface area (Å²) in [6.45, 7) is 3.73. The summed E-state index contributed by atoms with van der Waals surface area (Å²) in [6.07, 6.45) is 2.01. The van der Waals surface area contributed by atoms with Crippen molar-refractivity contribution in [3.05, 3.63) is 54.5 Å². The Morgan fingerprint density at radius 2 is 1.90 bits per heavy atom. The lowest BCUT2D eigenvalue weighted by Gasteiger charge is -2.10. The van der Waals surface area contributed by atoms with Gasteiger partial charge in [-0.1, -0.05) is 6.58 Å². The van der Waals surface area contributed by atoms with Gasteiger partial charge >= 0.3 is 0 Å². The number of nitrogens with one attached hydrogen (secondary N) is 1. The van der Waals surface area contributed by atoms with Crippen LogP contribution in [0, 0.1) is 0 Å². The van der Waals surface area contributed by atoms with E-state index in [-0.39, 0.29) is 18.5 Å². The molecular weight excluding hydrogens is 374 g/mol. The van der Waals surface area contributed by atoms with Crippen LogP contribution in [0.25, 0.3) is 16.9 Å². The molecule has 1 aromatic carbocycles. The van der Waals surface area contributed by atoms with E-state index in [9.17, 15) is 9.59 Å². The fourth-order valence-corrected chi connectivity index (χ4v) is 2.78. The van der Waals surface area contributed by atoms with Crippen molar-refractivity contribution in [1.29, 1.82) is 0 Å². The topological polar surface area (TPSA) is 121 Å². The number of carbonyl (C=O) groups excluding carboxylic acids is 2. The maximum atomic E-state index is 12.5. The summed E-state index contributed by atoms with van der Waals surface area (Å²) in [4.78, 5) is 27.6. The van der Waals surface area contributed by atoms with Crippen LogP contribution >= 0.6 is 0 Å². The molecular formula is C20H21N5O4. The minimum Gasteiger partial charge on any atom is -0.493 e. The van der Waals surface area contributed by atoms with Crippen LogP contribution in [-0.2, 0) is 4.79 Å². The molecule has 0 aliphatic rings. The maximum Gasteiger partial charge on any atom is 0.275 e. The molecule has 150 valence electrons. The number of rotatable bonds is 8. The number of hydrogen-bond donors (Lipinski definition) is 2. The van der Waals surface area contributed by atoms with Crippen LogP contribution in [0.2, 0.25) is 0 Å². The van der Waals surface area contributed by atoms with Gasteiger partial charge in [-0.25, -0.2) is 9.50 Å². The Labute approximate surface area is 167 Å². The largest absolute Gasteiger partial charge is 0.493 e. The van der Waals surface area contributed by atoms with Gasteiger partial charge in [-0.15, -0.1) is 0 Å². The number of amides is 2. The second kappa shape index (κ2) is 8.42. The summed E-state index contributed by atoms with van der Waals surface area (Å²) in [5, 5.41) is 7.00. The molecule has 3 aromatic rings. The number of allylic oxidation sites excluding steroid dienone is 1. The molecule has 0 bridgehead atoms. The first-order chi connectivity index (χ1) is 13.9. The van der Waals surface area contributed by atoms with Gasteiger partial charge in [0.2, 0.25) is 5.91 Å². The van der Waals surface area contributed by atoms with Gasteiger partial charge in [0.15, 0.2) is 22.8 Å². The average Bonchev–Trinajstić information content (AvgIpc) is 3.16. The van der Waals surface area contributed by atoms with Crippen molar-refractivity contribution in [2.75, 3.05) is 14.2 Å². The van der Waals surface area contributed by atoms with Crippen molar-refractivity contribution < 1.29 is 19.1 Å². The monoisotopic (exact) mass is 395 g/mol. The number of aromatic nitrogens is 3. The second-order valence-corrected chi connectivity index (χ2v) is 6.22. The van der Waals surface area contributed by atoms with Crippen molar-refractivity contribution in [3.8, 4) is 22.8 Å². The van der Waals surface area contributed by atoms with Gasteiger partial charge in [0.05, 0.1) is 19.9 Å². The van der Waals surface area contributed by atoms with Gasteiger partial charge in [0, 0.05) is 29.9 Å². The number of nitrogens with zero attached hydrogens (tertiary/aromatic N) is 3. The molecule has 2 aromatic heterocycles. The fourth-order valence-electron chi connectivity index (χ4n) is 2.78. The summed E-state index contributed by atoms with van der Waals surface area (Å²) in [5.41, 5.74) is 7.72. The van der Waals surface area contributed by atoms with E-state index in [1.165, 1.54) is 0 Å². The molecule has 9 heteroatoms. The summed E-state index contributed by atoms with van der Waals surface area (Å²) in [7, 11) is 3.13. The Bertz CT molecular complexity index is 1090. The zero-order valence-corrected chi connectivity index (χ0v) is 16.1. The van der Waals surface area contributed by atoms with E-state index in [4.69, 9.17) is 15.2 Å². The molecule has 0 aliphatic heterocycles. The Morgan fingerprint density at radius 3 is 2.59 bits per heavy atom. The maximum absolute atomic E-state index is 12.5. The lowest BCUT2D eigenvalue weighted by atomic mass is 10.1. The first kappa shape index (κ1) is 19.9. The van der Waals surface area contributed by atoms with Crippen LogP contribution in [-0.4, -0.2) is 40.6 Å². The molecule has 3 N–H and O–H groups in total. The van der Waals surface area contributed by atoms with Gasteiger partial charge < -0.3 is 20.5 Å². The Kier molecular flexibility index (Phi) is 5.77. The summed E-state index contributed by atoms with van der Waals surface area (Å²) >= 11 is 0. The molecule has 0 saturated heterocycles. The van der Waals surface area contributed by atoms with Gasteiger partial charge in [0.1, 0.15) is 0 Å². The highest BCUT2D eigenvalue weighted by Crippen LogP contribution is 2.32. The number of ether oxygens (including phenoxy) is 2. The van der Waals surface area contributed by atoms with Crippen molar-refractivity contribution in [2.45, 2.75) is 12.8 Å². The van der Waals surface area contributed by atoms with Gasteiger partial charge in [0.25, 0.3) is 5.91 Å². The molecule has 0 aliphatic carbocycles. The number of primary amides is 1. The third-order valence-corrected chi connectivity index (χ3v) is 4.23. The zero-order chi connectivity index (χ0) is 21.0. The highest BCUT2D eigenvalue weighted by molar-refractivity contribution is 5.94. The van der Waals surface area contributed by atoms with E-state index >= 15 is 0 Å². The Hall–Kier alpha value is -3.88. The smallest absolute Gasteiger partial charge is 0.275 e. The molecule has 3 rings (SSSR count). The molecule has 0 atom stereocenters. The van der Waals surface area contributed by atoms with Crippen LogP contribution in [0.1, 0.15) is 23.3 Å². The van der Waals surface area contributed by atoms with Crippen LogP contribution in [0.15, 0.2) is 48.8 Å². The quantitative estimate of drug-likeness (QED) is 0.601. The molecule has 2 amide bonds. The number of nitrogens with two attached hydrogens (primary N) is 1. The average molecular weight is 395 g/mol. The van der Waals surface area contributed by atoms with Gasteiger partial charge in [-0.05, 0) is 30.7 Å². The minimum atomic E-state index is -0.461. The van der Waals surface area contributed by atoms with Gasteiger partial charge in [-0.3, -0.25) is 9.59 Å². The standard InChI is InChI=1S/C20H21N5O4/c1-12(4-7-18(21)26)23-20(27)14-11-19-22-9-8-15(25(19)24-14)13-5-6-16(28-2)17(10-13)29-3/h5-6,8-11H,1,4,7H2,2-3H3,(H2,21,26)(H,23,27). The Balaban J connectivity index is 1.91. The minimum absolute atomic E-state index is 0.106. The number of fused-ring (bicyclic) bond motifs is 1. The Morgan fingerprint density at radius 1 is 1.14 bits per heavy atom. The fraction of sp³-hybridized carbons (Fsp3) is 0.200. The first-order valence-corrected chi connectivity index (χ1v) is 8.77. The van der Waals surface area contributed by atoms with E-state index in [2.05, 4.69) is 22.0 Å². The highest BCUT2D eigenvalue weighted by Gasteiger charge is 2.16. The van der Waals surface area contributed by atoms with E-state index in [1.807, 2.05) is 12.1 Å². The summed E-state index contributed by atoms with van der Waals surface area (Å²) in [5.74, 6) is 0.280. The van der Waals surface area contributed by atoms with Crippen molar-refractivity contribution >= 4 is 17.5 Å². The van der Waals surface area contributed by atoms with E-state index in [1.54, 1.807) is 43.1 Å². The van der Waals surface area contributed by atoms with Crippen LogP contribution in [0.5, 0.6) is 11.5 Å². The zero-order valence-electron chi connectivity index (χ0n) is 16.1. The first-order valence-electron chi connectivity index (χ1n) is 8.77. The number of methoxy groups -OCH3 is 2. The molecule has 0 saturated carbocycles. The van der Waals surface area contributed by atoms with Crippen molar-refractivity contribution in [3.63, 3.8) is 0 Å². The molecule has 29 heavy (non-hydrogen) atoms. The van der Waals surface area contributed by atoms with Crippen LogP contribution in [0.3, 0.4) is 0 Å². The molecule has 2 heterocycles. The van der Waals surface area contributed by atoms with Gasteiger partial charge in [-0.2, -0.15) is 5.10 Å². The van der Waals surface area contributed by atoms with Crippen molar-refractivity contribution in [1.82, 2.24) is 19.9 Å². The predicted molar refractivity (Wildman–Crippen MR) is 107 cm³/mol. The molecule has 0 radical (unpaired) electrons. The predicted octanol–water partition coefficient (Wildman–Crippen LogP) is 1.92. The summed E-state index contributed by atoms with van der Waals surface area (Å²) in [6, 6.07) is 8.83. The van der Waals surface area contributed by atoms with E-state index < -0.39 is 11.8 Å². The number of carbonyl (C=O) groups is 2. The third kappa shape index (κ3) is 4.34. The molecule has 0 fully saturated rings. The van der Waals surface area contributed by atoms with E-state index in [0.717, 1.165) is 11.3 Å². The van der Waals surface area contributed by atoms with Crippen LogP contribution < -0.4 is 20.5 Å². The second-order valence-electron chi connectivity index (χ2n) is 6.22.